The first-order chi connectivity index (χ1) is 5.90. The predicted molar refractivity (Wildman–Crippen MR) is 42.4 cm³/mol. The Morgan fingerprint density at radius 1 is 1.58 bits per heavy atom. The Hall–Kier alpha value is -0.940. The highest BCUT2D eigenvalue weighted by molar-refractivity contribution is 4.93. The summed E-state index contributed by atoms with van der Waals surface area (Å²) in [6.07, 6.45) is 0.750. The van der Waals surface area contributed by atoms with Gasteiger partial charge >= 0.3 is 0 Å². The number of nitrogens with zero attached hydrogens (tertiary/aromatic N) is 3. The summed E-state index contributed by atoms with van der Waals surface area (Å²) in [5.41, 5.74) is 5.40. The molecule has 0 radical (unpaired) electrons. The largest absolute Gasteiger partial charge is 0.372 e. The average Bonchev–Trinajstić information content (AvgIpc) is 2.47. The fraction of sp³-hybridized carbons (Fsp3) is 0.714. The molecule has 0 spiro atoms. The van der Waals surface area contributed by atoms with Gasteiger partial charge in [-0.2, -0.15) is 5.10 Å². The topological polar surface area (TPSA) is 66.0 Å². The molecule has 2 rings (SSSR count). The van der Waals surface area contributed by atoms with Crippen LogP contribution in [0.3, 0.4) is 0 Å². The number of nitrogens with two attached hydrogens (primary N) is 1. The molecule has 12 heavy (non-hydrogen) atoms. The van der Waals surface area contributed by atoms with Crippen molar-refractivity contribution in [1.82, 2.24) is 14.8 Å². The average molecular weight is 168 g/mol. The summed E-state index contributed by atoms with van der Waals surface area (Å²) in [5, 5.41) is 4.29. The lowest BCUT2D eigenvalue weighted by atomic mass is 10.4. The van der Waals surface area contributed by atoms with Gasteiger partial charge in [-0.15, -0.1) is 0 Å². The van der Waals surface area contributed by atoms with Crippen LogP contribution in [0.5, 0.6) is 0 Å². The van der Waals surface area contributed by atoms with Crippen molar-refractivity contribution in [2.45, 2.75) is 19.6 Å². The minimum atomic E-state index is 0.581. The fourth-order valence-electron chi connectivity index (χ4n) is 1.26. The molecule has 0 saturated carbocycles. The Morgan fingerprint density at radius 3 is 3.25 bits per heavy atom. The van der Waals surface area contributed by atoms with E-state index in [1.54, 1.807) is 0 Å². The number of ether oxygens (including phenoxy) is 1. The summed E-state index contributed by atoms with van der Waals surface area (Å²) in [5.74, 6) is 1.75. The van der Waals surface area contributed by atoms with Gasteiger partial charge in [0.15, 0.2) is 11.6 Å². The minimum absolute atomic E-state index is 0.581. The van der Waals surface area contributed by atoms with E-state index in [1.807, 2.05) is 4.68 Å². The molecular formula is C7H12N4O. The summed E-state index contributed by atoms with van der Waals surface area (Å²) in [6, 6.07) is 0. The van der Waals surface area contributed by atoms with Gasteiger partial charge in [-0.05, 0) is 6.54 Å². The fourth-order valence-corrected chi connectivity index (χ4v) is 1.26. The van der Waals surface area contributed by atoms with E-state index < -0.39 is 0 Å². The smallest absolute Gasteiger partial charge is 0.153 e. The van der Waals surface area contributed by atoms with E-state index in [0.717, 1.165) is 31.2 Å². The first kappa shape index (κ1) is 7.70. The molecule has 1 aromatic rings. The molecule has 2 heterocycles. The van der Waals surface area contributed by atoms with Crippen LogP contribution in [0.2, 0.25) is 0 Å². The number of rotatable bonds is 2. The van der Waals surface area contributed by atoms with E-state index in [0.29, 0.717) is 13.2 Å². The summed E-state index contributed by atoms with van der Waals surface area (Å²) in [6.45, 7) is 2.73. The van der Waals surface area contributed by atoms with Crippen molar-refractivity contribution >= 4 is 0 Å². The summed E-state index contributed by atoms with van der Waals surface area (Å²) in [7, 11) is 0. The second-order valence-electron chi connectivity index (χ2n) is 2.76. The SMILES string of the molecule is NCCc1nc2n(n1)CCOC2. The molecule has 0 aromatic carbocycles. The van der Waals surface area contributed by atoms with Crippen LogP contribution in [-0.4, -0.2) is 27.9 Å². The standard InChI is InChI=1S/C7H12N4O/c8-2-1-6-9-7-5-12-4-3-11(7)10-6/h1-5,8H2. The summed E-state index contributed by atoms with van der Waals surface area (Å²) >= 11 is 0. The van der Waals surface area contributed by atoms with Gasteiger partial charge in [0.2, 0.25) is 0 Å². The molecule has 0 bridgehead atoms. The second-order valence-corrected chi connectivity index (χ2v) is 2.76. The Balaban J connectivity index is 2.20. The molecule has 5 heteroatoms. The first-order valence-electron chi connectivity index (χ1n) is 4.10. The third-order valence-electron chi connectivity index (χ3n) is 1.84. The lowest BCUT2D eigenvalue weighted by Gasteiger charge is -2.11. The highest BCUT2D eigenvalue weighted by atomic mass is 16.5. The Morgan fingerprint density at radius 2 is 2.50 bits per heavy atom. The van der Waals surface area contributed by atoms with Gasteiger partial charge in [-0.25, -0.2) is 9.67 Å². The maximum absolute atomic E-state index is 5.40. The minimum Gasteiger partial charge on any atom is -0.372 e. The number of hydrogen-bond acceptors (Lipinski definition) is 4. The lowest BCUT2D eigenvalue weighted by Crippen LogP contribution is -2.17. The van der Waals surface area contributed by atoms with E-state index >= 15 is 0 Å². The van der Waals surface area contributed by atoms with Crippen LogP contribution in [-0.2, 0) is 24.3 Å². The quantitative estimate of drug-likeness (QED) is 0.634. The van der Waals surface area contributed by atoms with Crippen molar-refractivity contribution in [3.05, 3.63) is 11.6 Å². The Bertz CT molecular complexity index is 247. The van der Waals surface area contributed by atoms with Crippen LogP contribution >= 0.6 is 0 Å². The van der Waals surface area contributed by atoms with Crippen LogP contribution in [0.15, 0.2) is 0 Å². The van der Waals surface area contributed by atoms with E-state index in [4.69, 9.17) is 10.5 Å². The summed E-state index contributed by atoms with van der Waals surface area (Å²) in [4.78, 5) is 4.29. The molecule has 66 valence electrons. The summed E-state index contributed by atoms with van der Waals surface area (Å²) < 4.78 is 7.13. The van der Waals surface area contributed by atoms with Gasteiger partial charge in [-0.3, -0.25) is 0 Å². The highest BCUT2D eigenvalue weighted by Gasteiger charge is 2.12. The van der Waals surface area contributed by atoms with Gasteiger partial charge in [0.25, 0.3) is 0 Å². The molecular weight excluding hydrogens is 156 g/mol. The molecule has 0 fully saturated rings. The van der Waals surface area contributed by atoms with Crippen LogP contribution in [0.1, 0.15) is 11.6 Å². The molecule has 0 atom stereocenters. The zero-order valence-corrected chi connectivity index (χ0v) is 6.86. The molecule has 5 nitrogen and oxygen atoms in total. The molecule has 1 aliphatic heterocycles. The van der Waals surface area contributed by atoms with Crippen molar-refractivity contribution in [2.75, 3.05) is 13.2 Å². The van der Waals surface area contributed by atoms with Gasteiger partial charge in [-0.1, -0.05) is 0 Å². The van der Waals surface area contributed by atoms with E-state index in [-0.39, 0.29) is 0 Å². The third-order valence-corrected chi connectivity index (χ3v) is 1.84. The lowest BCUT2D eigenvalue weighted by molar-refractivity contribution is 0.0769. The zero-order chi connectivity index (χ0) is 8.39. The molecule has 1 aliphatic rings. The number of hydrogen-bond donors (Lipinski definition) is 1. The molecule has 0 amide bonds. The number of fused-ring (bicyclic) bond motifs is 1. The maximum atomic E-state index is 5.40. The Kier molecular flexibility index (Phi) is 2.05. The second kappa shape index (κ2) is 3.20. The van der Waals surface area contributed by atoms with E-state index in [2.05, 4.69) is 10.1 Å². The highest BCUT2D eigenvalue weighted by Crippen LogP contribution is 2.06. The molecule has 0 saturated heterocycles. The molecule has 0 unspecified atom stereocenters. The maximum Gasteiger partial charge on any atom is 0.153 e. The van der Waals surface area contributed by atoms with Gasteiger partial charge in [0.1, 0.15) is 6.61 Å². The molecule has 1 aromatic heterocycles. The Labute approximate surface area is 70.5 Å². The van der Waals surface area contributed by atoms with Crippen molar-refractivity contribution < 1.29 is 4.74 Å². The van der Waals surface area contributed by atoms with Crippen LogP contribution in [0.25, 0.3) is 0 Å². The zero-order valence-electron chi connectivity index (χ0n) is 6.86. The van der Waals surface area contributed by atoms with Crippen LogP contribution < -0.4 is 5.73 Å². The van der Waals surface area contributed by atoms with Gasteiger partial charge in [0.05, 0.1) is 13.2 Å². The molecule has 0 aliphatic carbocycles. The van der Waals surface area contributed by atoms with Gasteiger partial charge < -0.3 is 10.5 Å². The normalized spacial score (nSPS) is 16.1. The van der Waals surface area contributed by atoms with Crippen molar-refractivity contribution in [3.8, 4) is 0 Å². The van der Waals surface area contributed by atoms with Crippen molar-refractivity contribution in [2.24, 2.45) is 5.73 Å². The van der Waals surface area contributed by atoms with E-state index in [1.165, 1.54) is 0 Å². The predicted octanol–water partition coefficient (Wildman–Crippen LogP) is -0.691. The third kappa shape index (κ3) is 1.33. The van der Waals surface area contributed by atoms with Crippen LogP contribution in [0, 0.1) is 0 Å². The monoisotopic (exact) mass is 168 g/mol. The van der Waals surface area contributed by atoms with Crippen molar-refractivity contribution in [1.29, 1.82) is 0 Å². The van der Waals surface area contributed by atoms with Crippen LogP contribution in [0.4, 0.5) is 0 Å². The first-order valence-corrected chi connectivity index (χ1v) is 4.10. The molecule has 2 N–H and O–H groups in total. The number of aromatic nitrogens is 3. The van der Waals surface area contributed by atoms with E-state index in [9.17, 15) is 0 Å². The van der Waals surface area contributed by atoms with Crippen molar-refractivity contribution in [3.63, 3.8) is 0 Å². The van der Waals surface area contributed by atoms with Gasteiger partial charge in [0, 0.05) is 6.42 Å².